The van der Waals surface area contributed by atoms with Crippen LogP contribution >= 0.6 is 0 Å². The van der Waals surface area contributed by atoms with Crippen molar-refractivity contribution in [2.45, 2.75) is 0 Å². The summed E-state index contributed by atoms with van der Waals surface area (Å²) in [4.78, 5) is 2.38. The summed E-state index contributed by atoms with van der Waals surface area (Å²) in [5.74, 6) is 0. The van der Waals surface area contributed by atoms with Crippen LogP contribution in [0.2, 0.25) is 0 Å². The number of fused-ring (bicyclic) bond motifs is 7. The number of nitrogens with zero attached hydrogens (tertiary/aromatic N) is 2. The molecule has 0 aliphatic heterocycles. The summed E-state index contributed by atoms with van der Waals surface area (Å²) in [7, 11) is 0. The van der Waals surface area contributed by atoms with Gasteiger partial charge in [-0.3, -0.25) is 0 Å². The third kappa shape index (κ3) is 6.59. The van der Waals surface area contributed by atoms with E-state index in [2.05, 4.69) is 252 Å². The number of aromatic nitrogens is 1. The highest BCUT2D eigenvalue weighted by atomic mass is 16.3. The van der Waals surface area contributed by atoms with Crippen molar-refractivity contribution in [1.29, 1.82) is 0 Å². The van der Waals surface area contributed by atoms with Gasteiger partial charge in [-0.2, -0.15) is 0 Å². The van der Waals surface area contributed by atoms with Crippen molar-refractivity contribution in [2.75, 3.05) is 4.90 Å². The van der Waals surface area contributed by atoms with Gasteiger partial charge < -0.3 is 13.9 Å². The molecule has 67 heavy (non-hydrogen) atoms. The summed E-state index contributed by atoms with van der Waals surface area (Å²) >= 11 is 0. The Kier molecular flexibility index (Phi) is 9.17. The van der Waals surface area contributed by atoms with E-state index in [1.807, 2.05) is 12.1 Å². The minimum atomic E-state index is 0.905. The smallest absolute Gasteiger partial charge is 0.143 e. The molecule has 0 bridgehead atoms. The summed E-state index contributed by atoms with van der Waals surface area (Å²) in [6, 6.07) is 91.9. The van der Waals surface area contributed by atoms with E-state index in [1.54, 1.807) is 0 Å². The first kappa shape index (κ1) is 38.5. The number of furan rings is 1. The van der Waals surface area contributed by atoms with E-state index in [-0.39, 0.29) is 0 Å². The average Bonchev–Trinajstić information content (AvgIpc) is 3.95. The molecule has 0 aliphatic rings. The molecule has 11 aromatic carbocycles. The molecule has 314 valence electrons. The number of para-hydroxylation sites is 5. The molecule has 0 amide bonds. The van der Waals surface area contributed by atoms with Gasteiger partial charge in [-0.05, 0) is 111 Å². The molecular formula is C64H42N2O. The fraction of sp³-hybridized carbons (Fsp3) is 0. The second-order valence-corrected chi connectivity index (χ2v) is 17.3. The van der Waals surface area contributed by atoms with Crippen LogP contribution in [0.15, 0.2) is 259 Å². The number of benzene rings is 11. The van der Waals surface area contributed by atoms with Crippen LogP contribution in [0.5, 0.6) is 0 Å². The van der Waals surface area contributed by atoms with Gasteiger partial charge in [0.1, 0.15) is 11.2 Å². The van der Waals surface area contributed by atoms with Gasteiger partial charge in [-0.15, -0.1) is 0 Å². The highest BCUT2D eigenvalue weighted by molar-refractivity contribution is 6.11. The van der Waals surface area contributed by atoms with E-state index in [0.29, 0.717) is 0 Å². The van der Waals surface area contributed by atoms with Gasteiger partial charge in [0.25, 0.3) is 0 Å². The Morgan fingerprint density at radius 3 is 1.60 bits per heavy atom. The molecule has 3 heteroatoms. The second-order valence-electron chi connectivity index (χ2n) is 17.3. The van der Waals surface area contributed by atoms with E-state index in [9.17, 15) is 0 Å². The lowest BCUT2D eigenvalue weighted by atomic mass is 9.97. The van der Waals surface area contributed by atoms with Crippen LogP contribution in [0.3, 0.4) is 0 Å². The fourth-order valence-corrected chi connectivity index (χ4v) is 10.3. The normalized spacial score (nSPS) is 11.6. The van der Waals surface area contributed by atoms with E-state index >= 15 is 0 Å². The second kappa shape index (κ2) is 16.0. The molecular weight excluding hydrogens is 813 g/mol. The van der Waals surface area contributed by atoms with Crippen molar-refractivity contribution < 1.29 is 4.42 Å². The molecule has 2 heterocycles. The van der Waals surface area contributed by atoms with Crippen molar-refractivity contribution in [3.05, 3.63) is 255 Å². The monoisotopic (exact) mass is 854 g/mol. The van der Waals surface area contributed by atoms with E-state index in [4.69, 9.17) is 4.42 Å². The molecule has 0 N–H and O–H groups in total. The van der Waals surface area contributed by atoms with Gasteiger partial charge in [0, 0.05) is 49.7 Å². The van der Waals surface area contributed by atoms with Crippen LogP contribution in [0, 0.1) is 0 Å². The molecule has 0 spiro atoms. The minimum absolute atomic E-state index is 0.905. The maximum Gasteiger partial charge on any atom is 0.143 e. The first-order valence-corrected chi connectivity index (χ1v) is 22.9. The third-order valence-corrected chi connectivity index (χ3v) is 13.4. The quantitative estimate of drug-likeness (QED) is 0.152. The number of anilines is 3. The molecule has 0 radical (unpaired) electrons. The maximum atomic E-state index is 6.45. The van der Waals surface area contributed by atoms with Crippen molar-refractivity contribution in [2.24, 2.45) is 0 Å². The Labute approximate surface area is 388 Å². The van der Waals surface area contributed by atoms with Gasteiger partial charge in [0.2, 0.25) is 0 Å². The highest BCUT2D eigenvalue weighted by Gasteiger charge is 2.19. The number of hydrogen-bond acceptors (Lipinski definition) is 2. The van der Waals surface area contributed by atoms with Crippen LogP contribution in [0.1, 0.15) is 0 Å². The van der Waals surface area contributed by atoms with Crippen molar-refractivity contribution in [3.8, 4) is 50.2 Å². The molecule has 0 saturated carbocycles. The zero-order valence-electron chi connectivity index (χ0n) is 36.6. The van der Waals surface area contributed by atoms with Crippen LogP contribution in [0.4, 0.5) is 17.1 Å². The third-order valence-electron chi connectivity index (χ3n) is 13.4. The Morgan fingerprint density at radius 2 is 0.821 bits per heavy atom. The molecule has 2 aromatic heterocycles. The largest absolute Gasteiger partial charge is 0.455 e. The zero-order chi connectivity index (χ0) is 44.3. The van der Waals surface area contributed by atoms with Gasteiger partial charge >= 0.3 is 0 Å². The number of hydrogen-bond donors (Lipinski definition) is 0. The maximum absolute atomic E-state index is 6.45. The SMILES string of the molecule is c1cc(-c2ccc(N(c3ccc(-c4cccc5ccccc45)cc3)c3cccc(-c4ccccc4-n4c5ccccc5c5ccccc54)c3)cc2)cc(-c2cccc3c2oc2ccccc23)c1. The zero-order valence-corrected chi connectivity index (χ0v) is 36.6. The van der Waals surface area contributed by atoms with Gasteiger partial charge in [-0.1, -0.05) is 188 Å². The van der Waals surface area contributed by atoms with Crippen LogP contribution in [-0.4, -0.2) is 4.57 Å². The van der Waals surface area contributed by atoms with E-state index < -0.39 is 0 Å². The van der Waals surface area contributed by atoms with Crippen molar-refractivity contribution in [1.82, 2.24) is 4.57 Å². The first-order chi connectivity index (χ1) is 33.2. The number of rotatable bonds is 8. The molecule has 0 unspecified atom stereocenters. The average molecular weight is 855 g/mol. The first-order valence-electron chi connectivity index (χ1n) is 22.9. The Bertz CT molecular complexity index is 3930. The molecule has 3 nitrogen and oxygen atoms in total. The standard InChI is InChI=1S/C64H42N2O/c1-2-21-52-44(15-1)16-13-26-53(52)45-35-39-50(40-36-45)65(49-37-33-43(34-38-49)46-17-11-18-47(41-46)55-27-14-28-59-58-25-6-10-32-63(58)67-64(55)59)51-20-12-19-48(42-51)54-22-3-7-29-60(54)66-61-30-8-4-23-56(61)57-24-5-9-31-62(57)66/h1-42H. The predicted molar refractivity (Wildman–Crippen MR) is 282 cm³/mol. The summed E-state index contributed by atoms with van der Waals surface area (Å²) in [5.41, 5.74) is 17.8. The van der Waals surface area contributed by atoms with E-state index in [1.165, 1.54) is 43.7 Å². The van der Waals surface area contributed by atoms with Gasteiger partial charge in [0.15, 0.2) is 0 Å². The van der Waals surface area contributed by atoms with Crippen molar-refractivity contribution in [3.63, 3.8) is 0 Å². The van der Waals surface area contributed by atoms with Crippen molar-refractivity contribution >= 4 is 71.6 Å². The predicted octanol–water partition coefficient (Wildman–Crippen LogP) is 18.0. The molecule has 13 aromatic rings. The Morgan fingerprint density at radius 1 is 0.299 bits per heavy atom. The van der Waals surface area contributed by atoms with Crippen LogP contribution in [0.25, 0.3) is 105 Å². The summed E-state index contributed by atoms with van der Waals surface area (Å²) < 4.78 is 8.87. The van der Waals surface area contributed by atoms with Crippen LogP contribution < -0.4 is 4.90 Å². The molecule has 0 aliphatic carbocycles. The molecule has 13 rings (SSSR count). The highest BCUT2D eigenvalue weighted by Crippen LogP contribution is 2.42. The minimum Gasteiger partial charge on any atom is -0.455 e. The van der Waals surface area contributed by atoms with E-state index in [0.717, 1.165) is 78.1 Å². The Balaban J connectivity index is 0.916. The van der Waals surface area contributed by atoms with Crippen LogP contribution in [-0.2, 0) is 0 Å². The molecule has 0 atom stereocenters. The lowest BCUT2D eigenvalue weighted by Gasteiger charge is -2.27. The van der Waals surface area contributed by atoms with Gasteiger partial charge in [-0.25, -0.2) is 0 Å². The molecule has 0 fully saturated rings. The summed E-state index contributed by atoms with van der Waals surface area (Å²) in [6.45, 7) is 0. The van der Waals surface area contributed by atoms with Gasteiger partial charge in [0.05, 0.1) is 16.7 Å². The summed E-state index contributed by atoms with van der Waals surface area (Å²) in [6.07, 6.45) is 0. The Hall–Kier alpha value is -8.92. The lowest BCUT2D eigenvalue weighted by molar-refractivity contribution is 0.670. The lowest BCUT2D eigenvalue weighted by Crippen LogP contribution is -2.10. The molecule has 0 saturated heterocycles. The summed E-state index contributed by atoms with van der Waals surface area (Å²) in [5, 5.41) is 7.25. The fourth-order valence-electron chi connectivity index (χ4n) is 10.3. The topological polar surface area (TPSA) is 21.3 Å².